The van der Waals surface area contributed by atoms with E-state index < -0.39 is 29.5 Å². The maximum atomic E-state index is 12.1. The molecule has 1 rings (SSSR count). The van der Waals surface area contributed by atoms with E-state index in [9.17, 15) is 26.1 Å². The molecule has 0 saturated heterocycles. The van der Waals surface area contributed by atoms with Crippen molar-refractivity contribution in [2.45, 2.75) is 6.18 Å². The first-order valence-corrected chi connectivity index (χ1v) is 3.93. The van der Waals surface area contributed by atoms with Gasteiger partial charge in [-0.25, -0.2) is 0 Å². The number of hydrogen-bond acceptors (Lipinski definition) is 1. The third-order valence-corrected chi connectivity index (χ3v) is 1.67. The summed E-state index contributed by atoms with van der Waals surface area (Å²) in [6.45, 7) is -5.59. The minimum Gasteiger partial charge on any atom is -0.444 e. The van der Waals surface area contributed by atoms with Crippen molar-refractivity contribution >= 4 is 24.2 Å². The van der Waals surface area contributed by atoms with Gasteiger partial charge in [0, 0.05) is 0 Å². The van der Waals surface area contributed by atoms with Crippen molar-refractivity contribution in [3.05, 3.63) is 22.8 Å². The number of nitrogens with zero attached hydrogens (tertiary/aromatic N) is 1. The smallest absolute Gasteiger partial charge is 0.444 e. The van der Waals surface area contributed by atoms with Crippen LogP contribution in [-0.2, 0) is 6.18 Å². The molecule has 0 aromatic carbocycles. The molecule has 84 valence electrons. The average Bonchev–Trinajstić information content (AvgIpc) is 1.99. The quantitative estimate of drug-likeness (QED) is 0.396. The van der Waals surface area contributed by atoms with E-state index in [4.69, 9.17) is 11.6 Å². The maximum absolute atomic E-state index is 12.1. The van der Waals surface area contributed by atoms with E-state index >= 15 is 0 Å². The number of halogens is 7. The maximum Gasteiger partial charge on any atom is 1.00 e. The Morgan fingerprint density at radius 2 is 1.62 bits per heavy atom. The molecule has 0 bridgehead atoms. The van der Waals surface area contributed by atoms with Crippen molar-refractivity contribution < 1.29 is 77.5 Å². The molecule has 0 N–H and O–H groups in total. The molecule has 0 spiro atoms. The molecule has 0 atom stereocenters. The predicted octanol–water partition coefficient (Wildman–Crippen LogP) is -0.188. The Hall–Kier alpha value is 0.721. The molecule has 16 heavy (non-hydrogen) atoms. The zero-order valence-electron chi connectivity index (χ0n) is 7.83. The van der Waals surface area contributed by atoms with Gasteiger partial charge in [0.05, 0.1) is 5.56 Å². The van der Waals surface area contributed by atoms with E-state index in [2.05, 4.69) is 4.98 Å². The average molecular weight is 287 g/mol. The Bertz CT molecular complexity index is 346. The van der Waals surface area contributed by atoms with Crippen molar-refractivity contribution in [2.75, 3.05) is 0 Å². The van der Waals surface area contributed by atoms with Gasteiger partial charge in [0.1, 0.15) is 5.15 Å². The molecule has 0 aliphatic carbocycles. The molecule has 0 saturated carbocycles. The summed E-state index contributed by atoms with van der Waals surface area (Å²) in [5.41, 5.74) is -3.06. The van der Waals surface area contributed by atoms with E-state index in [1.54, 1.807) is 0 Å². The SMILES string of the molecule is F[B-](F)(F)c1cc(C(F)(F)F)cc(Cl)n1.[K+]. The monoisotopic (exact) mass is 287 g/mol. The standard InChI is InChI=1S/C6H2BClF6N.K/c8-5-2-3(6(9,10)11)1-4(15-5)7(12,13)14;/h1-2H;/q-1;+1. The molecule has 0 unspecified atom stereocenters. The fourth-order valence-electron chi connectivity index (χ4n) is 0.849. The van der Waals surface area contributed by atoms with Gasteiger partial charge in [0.2, 0.25) is 0 Å². The number of alkyl halides is 3. The minimum absolute atomic E-state index is 0. The Labute approximate surface area is 134 Å². The molecule has 0 aliphatic rings. The number of hydrogen-bond donors (Lipinski definition) is 0. The summed E-state index contributed by atoms with van der Waals surface area (Å²) in [4.78, 5) is 2.79. The zero-order chi connectivity index (χ0) is 11.9. The topological polar surface area (TPSA) is 12.9 Å². The molecule has 1 heterocycles. The fraction of sp³-hybridized carbons (Fsp3) is 0.167. The van der Waals surface area contributed by atoms with E-state index in [0.29, 0.717) is 6.07 Å². The third kappa shape index (κ3) is 4.54. The Balaban J connectivity index is 0.00000225. The summed E-state index contributed by atoms with van der Waals surface area (Å²) < 4.78 is 72.6. The van der Waals surface area contributed by atoms with Crippen LogP contribution in [-0.4, -0.2) is 12.0 Å². The Morgan fingerprint density at radius 3 is 2.00 bits per heavy atom. The molecule has 0 aliphatic heterocycles. The number of pyridine rings is 1. The molecule has 10 heteroatoms. The van der Waals surface area contributed by atoms with Gasteiger partial charge in [-0.1, -0.05) is 17.7 Å². The van der Waals surface area contributed by atoms with Gasteiger partial charge < -0.3 is 12.9 Å². The van der Waals surface area contributed by atoms with Crippen LogP contribution >= 0.6 is 11.6 Å². The van der Waals surface area contributed by atoms with Crippen molar-refractivity contribution in [1.29, 1.82) is 0 Å². The van der Waals surface area contributed by atoms with Crippen LogP contribution in [0.15, 0.2) is 12.1 Å². The summed E-state index contributed by atoms with van der Waals surface area (Å²) in [6.07, 6.45) is -4.87. The van der Waals surface area contributed by atoms with E-state index in [1.807, 2.05) is 0 Å². The van der Waals surface area contributed by atoms with Crippen LogP contribution in [0.2, 0.25) is 5.15 Å². The molecular weight excluding hydrogens is 285 g/mol. The van der Waals surface area contributed by atoms with Crippen LogP contribution in [0.5, 0.6) is 0 Å². The van der Waals surface area contributed by atoms with Gasteiger partial charge >= 0.3 is 64.5 Å². The van der Waals surface area contributed by atoms with Crippen LogP contribution in [0.4, 0.5) is 26.1 Å². The second-order valence-electron chi connectivity index (χ2n) is 2.68. The summed E-state index contributed by atoms with van der Waals surface area (Å²) in [5, 5.41) is -0.834. The van der Waals surface area contributed by atoms with Gasteiger partial charge in [-0.15, -0.1) is 0 Å². The second kappa shape index (κ2) is 5.57. The molecule has 0 fully saturated rings. The Kier molecular flexibility index (Phi) is 5.83. The summed E-state index contributed by atoms with van der Waals surface area (Å²) in [7, 11) is 0. The molecule has 1 aromatic heterocycles. The van der Waals surface area contributed by atoms with Crippen molar-refractivity contribution in [3.63, 3.8) is 0 Å². The van der Waals surface area contributed by atoms with Gasteiger partial charge in [-0.05, 0) is 11.7 Å². The van der Waals surface area contributed by atoms with Crippen LogP contribution < -0.4 is 57.0 Å². The van der Waals surface area contributed by atoms with Crippen molar-refractivity contribution in [1.82, 2.24) is 4.98 Å². The molecular formula is C6H2BClF6KN. The fourth-order valence-corrected chi connectivity index (χ4v) is 1.06. The van der Waals surface area contributed by atoms with Gasteiger partial charge in [-0.2, -0.15) is 13.2 Å². The minimum atomic E-state index is -5.59. The van der Waals surface area contributed by atoms with E-state index in [0.717, 1.165) is 0 Å². The zero-order valence-corrected chi connectivity index (χ0v) is 11.7. The molecule has 0 radical (unpaired) electrons. The van der Waals surface area contributed by atoms with Gasteiger partial charge in [-0.3, -0.25) is 4.98 Å². The summed E-state index contributed by atoms with van der Waals surface area (Å²) >= 11 is 5.06. The van der Waals surface area contributed by atoms with Crippen LogP contribution in [0.1, 0.15) is 5.56 Å². The van der Waals surface area contributed by atoms with Crippen LogP contribution in [0, 0.1) is 0 Å². The first-order valence-electron chi connectivity index (χ1n) is 3.55. The first-order chi connectivity index (χ1) is 6.60. The van der Waals surface area contributed by atoms with Gasteiger partial charge in [0.15, 0.2) is 0 Å². The third-order valence-electron chi connectivity index (χ3n) is 1.48. The van der Waals surface area contributed by atoms with Gasteiger partial charge in [0.25, 0.3) is 0 Å². The van der Waals surface area contributed by atoms with Crippen LogP contribution in [0.3, 0.4) is 0 Å². The second-order valence-corrected chi connectivity index (χ2v) is 3.06. The van der Waals surface area contributed by atoms with E-state index in [-0.39, 0.29) is 57.5 Å². The predicted molar refractivity (Wildman–Crippen MR) is 43.0 cm³/mol. The molecule has 0 amide bonds. The summed E-state index contributed by atoms with van der Waals surface area (Å²) in [5.74, 6) is 0. The van der Waals surface area contributed by atoms with Crippen LogP contribution in [0.25, 0.3) is 0 Å². The first kappa shape index (κ1) is 16.7. The summed E-state index contributed by atoms with van der Waals surface area (Å²) in [6, 6.07) is 0.277. The normalized spacial score (nSPS) is 12.2. The molecule has 1 nitrogen and oxygen atoms in total. The number of rotatable bonds is 1. The largest absolute Gasteiger partial charge is 1.00 e. The van der Waals surface area contributed by atoms with E-state index in [1.165, 1.54) is 0 Å². The number of aromatic nitrogens is 1. The van der Waals surface area contributed by atoms with Crippen molar-refractivity contribution in [2.24, 2.45) is 0 Å². The Morgan fingerprint density at radius 1 is 1.12 bits per heavy atom. The molecule has 1 aromatic rings. The van der Waals surface area contributed by atoms with Crippen molar-refractivity contribution in [3.8, 4) is 0 Å².